The molecule has 4 rings (SSSR count). The summed E-state index contributed by atoms with van der Waals surface area (Å²) in [6.45, 7) is 4.93. The summed E-state index contributed by atoms with van der Waals surface area (Å²) < 4.78 is 22.2. The van der Waals surface area contributed by atoms with Crippen LogP contribution in [0.5, 0.6) is 11.5 Å². The molecule has 1 saturated carbocycles. The average Bonchev–Trinajstić information content (AvgIpc) is 3.24. The van der Waals surface area contributed by atoms with Crippen molar-refractivity contribution in [3.63, 3.8) is 0 Å². The molecule has 3 aliphatic rings. The normalized spacial score (nSPS) is 28.0. The lowest BCUT2D eigenvalue weighted by molar-refractivity contribution is -0.0450. The number of ether oxygens (including phenoxy) is 4. The summed E-state index contributed by atoms with van der Waals surface area (Å²) in [7, 11) is 0. The number of hydrogen-bond donors (Lipinski definition) is 0. The molecule has 1 saturated heterocycles. The van der Waals surface area contributed by atoms with Gasteiger partial charge in [0, 0.05) is 25.3 Å². The molecule has 1 aromatic carbocycles. The van der Waals surface area contributed by atoms with Crippen LogP contribution in [-0.2, 0) is 9.47 Å². The molecular weight excluding hydrogens is 310 g/mol. The molecule has 3 atom stereocenters. The maximum absolute atomic E-state index is 13.0. The van der Waals surface area contributed by atoms with E-state index in [9.17, 15) is 4.79 Å². The van der Waals surface area contributed by atoms with Gasteiger partial charge in [-0.1, -0.05) is 0 Å². The Bertz CT molecular complexity index is 619. The van der Waals surface area contributed by atoms with Crippen LogP contribution < -0.4 is 9.47 Å². The summed E-state index contributed by atoms with van der Waals surface area (Å²) in [5, 5.41) is 0. The molecule has 0 unspecified atom stereocenters. The Labute approximate surface area is 141 Å². The number of carbonyl (C=O) groups excluding carboxylic acids is 1. The van der Waals surface area contributed by atoms with Crippen LogP contribution in [0.2, 0.25) is 0 Å². The van der Waals surface area contributed by atoms with E-state index in [1.54, 1.807) is 12.1 Å². The van der Waals surface area contributed by atoms with Crippen molar-refractivity contribution in [3.8, 4) is 11.5 Å². The molecule has 1 aromatic rings. The first-order valence-corrected chi connectivity index (χ1v) is 8.66. The van der Waals surface area contributed by atoms with Crippen molar-refractivity contribution in [1.82, 2.24) is 4.90 Å². The first-order chi connectivity index (χ1) is 11.8. The van der Waals surface area contributed by atoms with Crippen LogP contribution in [0.3, 0.4) is 0 Å². The van der Waals surface area contributed by atoms with Gasteiger partial charge in [0.25, 0.3) is 5.91 Å². The lowest BCUT2D eigenvalue weighted by atomic mass is 10.1. The number of rotatable bonds is 4. The second kappa shape index (κ2) is 6.61. The average molecular weight is 333 g/mol. The van der Waals surface area contributed by atoms with E-state index in [0.717, 1.165) is 26.1 Å². The fourth-order valence-corrected chi connectivity index (χ4v) is 3.92. The zero-order chi connectivity index (χ0) is 16.5. The van der Waals surface area contributed by atoms with Crippen molar-refractivity contribution >= 4 is 5.91 Å². The zero-order valence-corrected chi connectivity index (χ0v) is 13.9. The quantitative estimate of drug-likeness (QED) is 0.844. The highest BCUT2D eigenvalue weighted by atomic mass is 16.7. The Morgan fingerprint density at radius 2 is 2.17 bits per heavy atom. The van der Waals surface area contributed by atoms with Crippen LogP contribution in [0.25, 0.3) is 0 Å². The fourth-order valence-electron chi connectivity index (χ4n) is 3.92. The van der Waals surface area contributed by atoms with Crippen molar-refractivity contribution in [2.24, 2.45) is 5.92 Å². The van der Waals surface area contributed by atoms with Crippen LogP contribution in [0.15, 0.2) is 18.2 Å². The lowest BCUT2D eigenvalue weighted by Crippen LogP contribution is -2.51. The third-order valence-corrected chi connectivity index (χ3v) is 5.07. The largest absolute Gasteiger partial charge is 0.454 e. The van der Waals surface area contributed by atoms with Gasteiger partial charge in [0.1, 0.15) is 0 Å². The fraction of sp³-hybridized carbons (Fsp3) is 0.611. The van der Waals surface area contributed by atoms with Gasteiger partial charge in [0.15, 0.2) is 11.5 Å². The maximum atomic E-state index is 13.0. The smallest absolute Gasteiger partial charge is 0.254 e. The van der Waals surface area contributed by atoms with E-state index >= 15 is 0 Å². The Morgan fingerprint density at radius 3 is 3.04 bits per heavy atom. The van der Waals surface area contributed by atoms with Crippen molar-refractivity contribution in [2.75, 3.05) is 33.2 Å². The standard InChI is InChI=1S/C18H23NO5/c1-2-21-10-12-7-14-16(8-12)22-6-5-19(14)18(20)13-3-4-15-17(9-13)24-11-23-15/h3-4,9,12,14,16H,2,5-8,10-11H2,1H3/t12-,14+,16-/m0/s1. The van der Waals surface area contributed by atoms with Gasteiger partial charge >= 0.3 is 0 Å². The summed E-state index contributed by atoms with van der Waals surface area (Å²) in [5.41, 5.74) is 0.646. The van der Waals surface area contributed by atoms with Crippen LogP contribution in [0, 0.1) is 5.92 Å². The monoisotopic (exact) mass is 333 g/mol. The molecule has 1 amide bonds. The molecule has 0 aromatic heterocycles. The molecule has 0 spiro atoms. The summed E-state index contributed by atoms with van der Waals surface area (Å²) in [6.07, 6.45) is 2.04. The van der Waals surface area contributed by atoms with Gasteiger partial charge in [-0.15, -0.1) is 0 Å². The van der Waals surface area contributed by atoms with Crippen molar-refractivity contribution in [1.29, 1.82) is 0 Å². The highest BCUT2D eigenvalue weighted by Gasteiger charge is 2.43. The second-order valence-corrected chi connectivity index (χ2v) is 6.54. The van der Waals surface area contributed by atoms with E-state index < -0.39 is 0 Å². The lowest BCUT2D eigenvalue weighted by Gasteiger charge is -2.37. The Kier molecular flexibility index (Phi) is 4.33. The topological polar surface area (TPSA) is 57.2 Å². The molecular formula is C18H23NO5. The molecule has 24 heavy (non-hydrogen) atoms. The number of carbonyl (C=O) groups is 1. The Balaban J connectivity index is 1.49. The van der Waals surface area contributed by atoms with Gasteiger partial charge in [-0.05, 0) is 43.9 Å². The van der Waals surface area contributed by atoms with E-state index in [1.807, 2.05) is 17.9 Å². The van der Waals surface area contributed by atoms with Crippen molar-refractivity contribution < 1.29 is 23.7 Å². The van der Waals surface area contributed by atoms with E-state index in [2.05, 4.69) is 0 Å². The molecule has 0 N–H and O–H groups in total. The van der Waals surface area contributed by atoms with Gasteiger partial charge in [-0.25, -0.2) is 0 Å². The van der Waals surface area contributed by atoms with Gasteiger partial charge in [-0.3, -0.25) is 4.79 Å². The zero-order valence-electron chi connectivity index (χ0n) is 13.9. The summed E-state index contributed by atoms with van der Waals surface area (Å²) in [4.78, 5) is 15.0. The minimum atomic E-state index is 0.0451. The summed E-state index contributed by atoms with van der Waals surface area (Å²) >= 11 is 0. The molecule has 6 nitrogen and oxygen atoms in total. The molecule has 2 aliphatic heterocycles. The van der Waals surface area contributed by atoms with Gasteiger partial charge < -0.3 is 23.8 Å². The van der Waals surface area contributed by atoms with E-state index in [4.69, 9.17) is 18.9 Å². The predicted molar refractivity (Wildman–Crippen MR) is 86.3 cm³/mol. The molecule has 0 radical (unpaired) electrons. The molecule has 6 heteroatoms. The maximum Gasteiger partial charge on any atom is 0.254 e. The number of morpholine rings is 1. The highest BCUT2D eigenvalue weighted by Crippen LogP contribution is 2.37. The Hall–Kier alpha value is -1.79. The van der Waals surface area contributed by atoms with Crippen LogP contribution in [-0.4, -0.2) is 56.1 Å². The van der Waals surface area contributed by atoms with E-state index in [1.165, 1.54) is 0 Å². The number of amides is 1. The molecule has 1 aliphatic carbocycles. The SMILES string of the molecule is CCOC[C@@H]1C[C@@H]2OCCN(C(=O)c3ccc4c(c3)OCO4)[C@@H]2C1. The Morgan fingerprint density at radius 1 is 1.29 bits per heavy atom. The third kappa shape index (κ3) is 2.84. The minimum Gasteiger partial charge on any atom is -0.454 e. The van der Waals surface area contributed by atoms with Crippen LogP contribution >= 0.6 is 0 Å². The first kappa shape index (κ1) is 15.7. The van der Waals surface area contributed by atoms with Gasteiger partial charge in [-0.2, -0.15) is 0 Å². The van der Waals surface area contributed by atoms with E-state index in [-0.39, 0.29) is 24.8 Å². The van der Waals surface area contributed by atoms with Gasteiger partial charge in [0.2, 0.25) is 6.79 Å². The molecule has 2 heterocycles. The first-order valence-electron chi connectivity index (χ1n) is 8.66. The summed E-state index contributed by atoms with van der Waals surface area (Å²) in [6, 6.07) is 5.54. The van der Waals surface area contributed by atoms with Crippen molar-refractivity contribution in [2.45, 2.75) is 31.9 Å². The second-order valence-electron chi connectivity index (χ2n) is 6.54. The number of fused-ring (bicyclic) bond motifs is 2. The van der Waals surface area contributed by atoms with Gasteiger partial charge in [0.05, 0.1) is 18.8 Å². The highest BCUT2D eigenvalue weighted by molar-refractivity contribution is 5.95. The minimum absolute atomic E-state index is 0.0451. The van der Waals surface area contributed by atoms with Crippen LogP contribution in [0.4, 0.5) is 0 Å². The number of benzene rings is 1. The van der Waals surface area contributed by atoms with Crippen LogP contribution in [0.1, 0.15) is 30.1 Å². The van der Waals surface area contributed by atoms with Crippen molar-refractivity contribution in [3.05, 3.63) is 23.8 Å². The predicted octanol–water partition coefficient (Wildman–Crippen LogP) is 2.07. The molecule has 130 valence electrons. The molecule has 0 bridgehead atoms. The molecule has 2 fully saturated rings. The number of nitrogens with zero attached hydrogens (tertiary/aromatic N) is 1. The number of hydrogen-bond acceptors (Lipinski definition) is 5. The van der Waals surface area contributed by atoms with E-state index in [0.29, 0.717) is 36.1 Å². The summed E-state index contributed by atoms with van der Waals surface area (Å²) in [5.74, 6) is 1.85. The third-order valence-electron chi connectivity index (χ3n) is 5.07.